The molecule has 0 radical (unpaired) electrons. The molecule has 0 aliphatic heterocycles. The lowest BCUT2D eigenvalue weighted by Crippen LogP contribution is -2.03. The summed E-state index contributed by atoms with van der Waals surface area (Å²) >= 11 is -2.00. The van der Waals surface area contributed by atoms with Gasteiger partial charge in [-0.2, -0.15) is 0 Å². The lowest BCUT2D eigenvalue weighted by Gasteiger charge is -1.91. The molecule has 0 spiro atoms. The Morgan fingerprint density at radius 2 is 1.90 bits per heavy atom. The van der Waals surface area contributed by atoms with Crippen LogP contribution in [0.25, 0.3) is 0 Å². The summed E-state index contributed by atoms with van der Waals surface area (Å²) in [5.74, 6) is 0. The molecule has 0 fully saturated rings. The summed E-state index contributed by atoms with van der Waals surface area (Å²) in [5.41, 5.74) is 0.497. The molecule has 0 N–H and O–H groups in total. The molecule has 0 bridgehead atoms. The fourth-order valence-electron chi connectivity index (χ4n) is 0.701. The maximum atomic E-state index is 11.9. The molecule has 1 aromatic rings. The zero-order chi connectivity index (χ0) is 7.40. The van der Waals surface area contributed by atoms with Crippen molar-refractivity contribution in [1.29, 1.82) is 0 Å². The van der Waals surface area contributed by atoms with E-state index in [0.717, 1.165) is 0 Å². The average Bonchev–Trinajstić information content (AvgIpc) is 2.05. The third kappa shape index (κ3) is 1.78. The van der Waals surface area contributed by atoms with Crippen molar-refractivity contribution >= 4 is 24.8 Å². The third-order valence-corrected chi connectivity index (χ3v) is 1.87. The predicted molar refractivity (Wildman–Crippen MR) is 37.6 cm³/mol. The van der Waals surface area contributed by atoms with Crippen molar-refractivity contribution in [1.82, 2.24) is 0 Å². The second-order valence-corrected chi connectivity index (χ2v) is 2.83. The van der Waals surface area contributed by atoms with Crippen LogP contribution in [0.2, 0.25) is 0 Å². The Hall–Kier alpha value is -0.414. The zero-order valence-corrected chi connectivity index (χ0v) is 6.79. The van der Waals surface area contributed by atoms with Crippen LogP contribution < -0.4 is 0 Å². The van der Waals surface area contributed by atoms with Crippen LogP contribution in [0.5, 0.6) is 0 Å². The van der Waals surface area contributed by atoms with Crippen molar-refractivity contribution in [3.63, 3.8) is 0 Å². The molecule has 48 valence electrons. The van der Waals surface area contributed by atoms with Crippen molar-refractivity contribution in [3.05, 3.63) is 35.9 Å². The summed E-state index contributed by atoms with van der Waals surface area (Å²) in [4.78, 5) is 10.7. The van der Waals surface area contributed by atoms with Crippen LogP contribution in [0, 0.1) is 0 Å². The Kier molecular flexibility index (Phi) is 2.83. The van der Waals surface area contributed by atoms with E-state index in [1.165, 1.54) is 0 Å². The molecule has 0 saturated heterocycles. The van der Waals surface area contributed by atoms with Crippen molar-refractivity contribution in [2.24, 2.45) is 0 Å². The fraction of sp³-hybridized carbons (Fsp3) is 0. The van der Waals surface area contributed by atoms with E-state index in [1.807, 2.05) is 0 Å². The van der Waals surface area contributed by atoms with Gasteiger partial charge in [-0.05, 0) is 5.56 Å². The molecule has 0 heterocycles. The maximum absolute atomic E-state index is 11.9. The molecule has 0 aliphatic rings. The van der Waals surface area contributed by atoms with E-state index >= 15 is 0 Å². The van der Waals surface area contributed by atoms with Crippen LogP contribution in [0.15, 0.2) is 30.3 Å². The van der Waals surface area contributed by atoms with Gasteiger partial charge in [-0.15, -0.1) is 0 Å². The minimum Gasteiger partial charge on any atom is -0.470 e. The fourth-order valence-corrected chi connectivity index (χ4v) is 1.09. The number of halogens is 1. The number of carbonyl (C=O) groups is 1. The zero-order valence-electron chi connectivity index (χ0n) is 5.38. The van der Waals surface area contributed by atoms with Gasteiger partial charge < -0.3 is 7.75 Å². The van der Waals surface area contributed by atoms with Crippen molar-refractivity contribution in [2.45, 2.75) is 0 Å². The van der Waals surface area contributed by atoms with Crippen LogP contribution in [0.3, 0.4) is 0 Å². The molecular weight excluding hydrogens is 143 g/mol. The van der Waals surface area contributed by atoms with Crippen LogP contribution in [-0.2, 0) is 0 Å². The van der Waals surface area contributed by atoms with Gasteiger partial charge in [-0.3, -0.25) is 0 Å². The second kappa shape index (κ2) is 3.68. The van der Waals surface area contributed by atoms with Gasteiger partial charge in [0.15, 0.2) is 0 Å². The molecule has 3 heteroatoms. The summed E-state index contributed by atoms with van der Waals surface area (Å²) in [5, 5.41) is 0. The highest BCUT2D eigenvalue weighted by Gasteiger charge is 2.08. The van der Waals surface area contributed by atoms with Gasteiger partial charge in [-0.25, -0.2) is 0 Å². The van der Waals surface area contributed by atoms with Gasteiger partial charge in [0.05, 0.1) is 3.91 Å². The molecule has 10 heavy (non-hydrogen) atoms. The Balaban J connectivity index is 2.85. The summed E-state index contributed by atoms with van der Waals surface area (Å²) < 4.78 is 11.5. The van der Waals surface area contributed by atoms with Gasteiger partial charge in [0.2, 0.25) is 0 Å². The largest absolute Gasteiger partial charge is 0.702 e. The second-order valence-electron chi connectivity index (χ2n) is 1.92. The van der Waals surface area contributed by atoms with E-state index in [9.17, 15) is 7.75 Å². The average molecular weight is 148 g/mol. The van der Waals surface area contributed by atoms with Crippen LogP contribution in [0.1, 0.15) is 10.4 Å². The summed E-state index contributed by atoms with van der Waals surface area (Å²) in [7, 11) is 0. The molecule has 0 atom stereocenters. The van der Waals surface area contributed by atoms with Gasteiger partial charge in [0, 0.05) is 0 Å². The van der Waals surface area contributed by atoms with Crippen LogP contribution >= 0.6 is 0 Å². The minimum atomic E-state index is -2.00. The standard InChI is InChI=1S/C7H5O.FH.Mg/c8-6-7-4-2-1-3-5-7;;/h1-5H;1H;/q;;+1/p-1. The first kappa shape index (κ1) is 7.69. The van der Waals surface area contributed by atoms with E-state index in [2.05, 4.69) is 0 Å². The van der Waals surface area contributed by atoms with Crippen LogP contribution in [-0.4, -0.2) is 24.8 Å². The number of hydrogen-bond acceptors (Lipinski definition) is 1. The third-order valence-electron chi connectivity index (χ3n) is 1.22. The molecular formula is C7H5FMgO. The van der Waals surface area contributed by atoms with Crippen molar-refractivity contribution in [2.75, 3.05) is 0 Å². The highest BCUT2D eigenvalue weighted by atomic mass is 24.6. The number of rotatable bonds is 2. The summed E-state index contributed by atoms with van der Waals surface area (Å²) in [6.45, 7) is 0. The van der Waals surface area contributed by atoms with Crippen molar-refractivity contribution < 1.29 is 7.75 Å². The van der Waals surface area contributed by atoms with E-state index in [1.54, 1.807) is 30.3 Å². The molecule has 0 saturated carbocycles. The summed E-state index contributed by atoms with van der Waals surface area (Å²) in [6.07, 6.45) is 0. The lowest BCUT2D eigenvalue weighted by molar-refractivity contribution is 0.107. The van der Waals surface area contributed by atoms with Gasteiger partial charge in [0.1, 0.15) is 0 Å². The number of hydrogen-bond donors (Lipinski definition) is 0. The van der Waals surface area contributed by atoms with Gasteiger partial charge >= 0.3 is 20.9 Å². The molecule has 0 amide bonds. The molecule has 0 aliphatic carbocycles. The minimum absolute atomic E-state index is 0.319. The molecule has 1 aromatic carbocycles. The van der Waals surface area contributed by atoms with Crippen LogP contribution in [0.4, 0.5) is 2.96 Å². The van der Waals surface area contributed by atoms with E-state index in [-0.39, 0.29) is 3.91 Å². The Bertz CT molecular complexity index is 222. The van der Waals surface area contributed by atoms with Crippen molar-refractivity contribution in [3.8, 4) is 0 Å². The Morgan fingerprint density at radius 1 is 1.30 bits per heavy atom. The van der Waals surface area contributed by atoms with E-state index in [0.29, 0.717) is 5.56 Å². The van der Waals surface area contributed by atoms with Gasteiger partial charge in [-0.1, -0.05) is 30.3 Å². The maximum Gasteiger partial charge on any atom is 0.702 e. The first-order chi connectivity index (χ1) is 4.84. The predicted octanol–water partition coefficient (Wildman–Crippen LogP) is 1.42. The first-order valence-electron chi connectivity index (χ1n) is 2.99. The molecule has 1 nitrogen and oxygen atoms in total. The first-order valence-corrected chi connectivity index (χ1v) is 4.23. The number of carbonyl (C=O) groups excluding carboxylic acids is 1. The Morgan fingerprint density at radius 3 is 2.40 bits per heavy atom. The highest BCUT2D eigenvalue weighted by Crippen LogP contribution is 1.98. The number of benzene rings is 1. The van der Waals surface area contributed by atoms with E-state index in [4.69, 9.17) is 0 Å². The smallest absolute Gasteiger partial charge is 0.470 e. The van der Waals surface area contributed by atoms with E-state index < -0.39 is 20.9 Å². The quantitative estimate of drug-likeness (QED) is 0.580. The monoisotopic (exact) mass is 148 g/mol. The normalized spacial score (nSPS) is 8.50. The molecule has 0 aromatic heterocycles. The highest BCUT2D eigenvalue weighted by molar-refractivity contribution is 6.72. The molecule has 1 rings (SSSR count). The van der Waals surface area contributed by atoms with Gasteiger partial charge in [0.25, 0.3) is 0 Å². The topological polar surface area (TPSA) is 17.1 Å². The lowest BCUT2D eigenvalue weighted by atomic mass is 10.2. The SMILES string of the molecule is O=[C]([Mg][F])c1ccccc1. The molecule has 0 unspecified atom stereocenters. The summed E-state index contributed by atoms with van der Waals surface area (Å²) in [6, 6.07) is 8.54. The Labute approximate surface area is 68.7 Å².